The number of phenols is 1. The topological polar surface area (TPSA) is 93.0 Å². The Morgan fingerprint density at radius 2 is 2.27 bits per heavy atom. The summed E-state index contributed by atoms with van der Waals surface area (Å²) in [7, 11) is 0. The molecule has 0 spiro atoms. The second-order valence-corrected chi connectivity index (χ2v) is 6.90. The highest BCUT2D eigenvalue weighted by Crippen LogP contribution is 2.41. The van der Waals surface area contributed by atoms with Crippen LogP contribution in [-0.4, -0.2) is 35.5 Å². The van der Waals surface area contributed by atoms with Crippen LogP contribution in [-0.2, 0) is 16.0 Å². The standard InChI is InChI=1S/C16H17BrClN3O4S/c1-3-24-11-5-9(13(17)14(18)15(11)23)7-19-21-16-20-10(8-26-16)6-12(22)25-4-2/h5,7-8,23H,3-4,6H2,1-2H3,(H,20,21). The van der Waals surface area contributed by atoms with Gasteiger partial charge in [-0.25, -0.2) is 4.98 Å². The van der Waals surface area contributed by atoms with Gasteiger partial charge in [0.05, 0.1) is 31.5 Å². The normalized spacial score (nSPS) is 10.9. The summed E-state index contributed by atoms with van der Waals surface area (Å²) in [5.41, 5.74) is 4.02. The molecule has 0 aliphatic carbocycles. The number of halogens is 2. The van der Waals surface area contributed by atoms with Crippen LogP contribution in [0.25, 0.3) is 0 Å². The highest BCUT2D eigenvalue weighted by Gasteiger charge is 2.14. The molecule has 1 heterocycles. The lowest BCUT2D eigenvalue weighted by Gasteiger charge is -2.10. The molecule has 0 saturated carbocycles. The van der Waals surface area contributed by atoms with Gasteiger partial charge in [-0.1, -0.05) is 11.6 Å². The highest BCUT2D eigenvalue weighted by atomic mass is 79.9. The fraction of sp³-hybridized carbons (Fsp3) is 0.312. The van der Waals surface area contributed by atoms with E-state index in [1.165, 1.54) is 17.6 Å². The van der Waals surface area contributed by atoms with E-state index >= 15 is 0 Å². The molecule has 0 bridgehead atoms. The second-order valence-electron chi connectivity index (χ2n) is 4.87. The van der Waals surface area contributed by atoms with Crippen LogP contribution in [0.3, 0.4) is 0 Å². The van der Waals surface area contributed by atoms with Crippen LogP contribution in [0.15, 0.2) is 21.0 Å². The van der Waals surface area contributed by atoms with Gasteiger partial charge < -0.3 is 14.6 Å². The summed E-state index contributed by atoms with van der Waals surface area (Å²) in [6, 6.07) is 1.62. The number of hydrazone groups is 1. The van der Waals surface area contributed by atoms with Crippen LogP contribution in [0.1, 0.15) is 25.1 Å². The minimum atomic E-state index is -0.320. The minimum Gasteiger partial charge on any atom is -0.503 e. The number of nitrogens with one attached hydrogen (secondary N) is 1. The number of esters is 1. The van der Waals surface area contributed by atoms with Gasteiger partial charge in [0.25, 0.3) is 0 Å². The Labute approximate surface area is 168 Å². The van der Waals surface area contributed by atoms with Crippen molar-refractivity contribution in [3.63, 3.8) is 0 Å². The molecule has 0 fully saturated rings. The third-order valence-electron chi connectivity index (χ3n) is 3.02. The Bertz CT molecular complexity index is 813. The SMILES string of the molecule is CCOC(=O)Cc1csc(NN=Cc2cc(OCC)c(O)c(Cl)c2Br)n1. The largest absolute Gasteiger partial charge is 0.503 e. The third-order valence-corrected chi connectivity index (χ3v) is 5.27. The fourth-order valence-corrected chi connectivity index (χ4v) is 3.19. The van der Waals surface area contributed by atoms with Crippen LogP contribution in [0.2, 0.25) is 5.02 Å². The maximum absolute atomic E-state index is 11.4. The number of carbonyl (C=O) groups excluding carboxylic acids is 1. The predicted molar refractivity (Wildman–Crippen MR) is 106 cm³/mol. The number of aromatic nitrogens is 1. The van der Waals surface area contributed by atoms with Crippen molar-refractivity contribution >= 4 is 56.2 Å². The van der Waals surface area contributed by atoms with Crippen molar-refractivity contribution in [2.24, 2.45) is 5.10 Å². The van der Waals surface area contributed by atoms with Crippen molar-refractivity contribution in [3.8, 4) is 11.5 Å². The van der Waals surface area contributed by atoms with Crippen molar-refractivity contribution in [2.45, 2.75) is 20.3 Å². The average Bonchev–Trinajstić information content (AvgIpc) is 3.04. The molecule has 26 heavy (non-hydrogen) atoms. The fourth-order valence-electron chi connectivity index (χ4n) is 1.93. The summed E-state index contributed by atoms with van der Waals surface area (Å²) in [5, 5.41) is 16.5. The summed E-state index contributed by atoms with van der Waals surface area (Å²) < 4.78 is 10.7. The quantitative estimate of drug-likeness (QED) is 0.347. The van der Waals surface area contributed by atoms with E-state index in [9.17, 15) is 9.90 Å². The molecule has 0 amide bonds. The monoisotopic (exact) mass is 461 g/mol. The molecule has 0 aliphatic heterocycles. The zero-order chi connectivity index (χ0) is 19.1. The van der Waals surface area contributed by atoms with E-state index in [0.29, 0.717) is 34.1 Å². The zero-order valence-corrected chi connectivity index (χ0v) is 17.2. The van der Waals surface area contributed by atoms with Crippen LogP contribution in [0, 0.1) is 0 Å². The molecule has 1 aromatic carbocycles. The maximum Gasteiger partial charge on any atom is 0.311 e. The van der Waals surface area contributed by atoms with Crippen LogP contribution >= 0.6 is 38.9 Å². The number of aromatic hydroxyl groups is 1. The van der Waals surface area contributed by atoms with Gasteiger partial charge in [-0.05, 0) is 35.8 Å². The average molecular weight is 463 g/mol. The molecular formula is C16H17BrClN3O4S. The van der Waals surface area contributed by atoms with Crippen molar-refractivity contribution in [3.05, 3.63) is 32.2 Å². The molecular weight excluding hydrogens is 446 g/mol. The van der Waals surface area contributed by atoms with Crippen molar-refractivity contribution in [1.29, 1.82) is 0 Å². The van der Waals surface area contributed by atoms with Gasteiger partial charge in [-0.15, -0.1) is 11.3 Å². The van der Waals surface area contributed by atoms with Gasteiger partial charge in [0, 0.05) is 15.4 Å². The van der Waals surface area contributed by atoms with Crippen molar-refractivity contribution < 1.29 is 19.4 Å². The molecule has 2 aromatic rings. The van der Waals surface area contributed by atoms with E-state index in [0.717, 1.165) is 0 Å². The Morgan fingerprint density at radius 3 is 2.96 bits per heavy atom. The van der Waals surface area contributed by atoms with Gasteiger partial charge in [-0.3, -0.25) is 10.2 Å². The van der Waals surface area contributed by atoms with Gasteiger partial charge >= 0.3 is 5.97 Å². The van der Waals surface area contributed by atoms with Crippen molar-refractivity contribution in [2.75, 3.05) is 18.6 Å². The van der Waals surface area contributed by atoms with E-state index in [4.69, 9.17) is 21.1 Å². The maximum atomic E-state index is 11.4. The lowest BCUT2D eigenvalue weighted by molar-refractivity contribution is -0.142. The van der Waals surface area contributed by atoms with E-state index in [-0.39, 0.29) is 28.9 Å². The molecule has 10 heteroatoms. The Balaban J connectivity index is 2.07. The number of anilines is 1. The molecule has 1 aromatic heterocycles. The number of ether oxygens (including phenoxy) is 2. The summed E-state index contributed by atoms with van der Waals surface area (Å²) >= 11 is 10.7. The first-order valence-corrected chi connectivity index (χ1v) is 9.74. The Hall–Kier alpha value is -1.84. The number of benzene rings is 1. The van der Waals surface area contributed by atoms with E-state index < -0.39 is 0 Å². The molecule has 7 nitrogen and oxygen atoms in total. The Kier molecular flexibility index (Phi) is 7.67. The molecule has 0 radical (unpaired) electrons. The molecule has 0 unspecified atom stereocenters. The first-order chi connectivity index (χ1) is 12.5. The lowest BCUT2D eigenvalue weighted by Crippen LogP contribution is -2.07. The summed E-state index contributed by atoms with van der Waals surface area (Å²) in [6.45, 7) is 4.29. The van der Waals surface area contributed by atoms with Gasteiger partial charge in [0.1, 0.15) is 5.02 Å². The predicted octanol–water partition coefficient (Wildman–Crippen LogP) is 4.21. The number of rotatable bonds is 8. The number of carbonyl (C=O) groups is 1. The molecule has 0 aliphatic rings. The highest BCUT2D eigenvalue weighted by molar-refractivity contribution is 9.10. The smallest absolute Gasteiger partial charge is 0.311 e. The van der Waals surface area contributed by atoms with Gasteiger partial charge in [0.2, 0.25) is 5.13 Å². The summed E-state index contributed by atoms with van der Waals surface area (Å²) in [4.78, 5) is 15.7. The molecule has 2 N–H and O–H groups in total. The first kappa shape index (κ1) is 20.5. The van der Waals surface area contributed by atoms with Gasteiger partial charge in [0.15, 0.2) is 11.5 Å². The van der Waals surface area contributed by atoms with Crippen LogP contribution in [0.5, 0.6) is 11.5 Å². The summed E-state index contributed by atoms with van der Waals surface area (Å²) in [5.74, 6) is -0.180. The first-order valence-electron chi connectivity index (χ1n) is 7.69. The summed E-state index contributed by atoms with van der Waals surface area (Å²) in [6.07, 6.45) is 1.64. The zero-order valence-electron chi connectivity index (χ0n) is 14.1. The second kappa shape index (κ2) is 9.75. The van der Waals surface area contributed by atoms with E-state index in [2.05, 4.69) is 31.4 Å². The molecule has 0 atom stereocenters. The van der Waals surface area contributed by atoms with Crippen LogP contribution < -0.4 is 10.2 Å². The molecule has 2 rings (SSSR count). The number of hydrogen-bond donors (Lipinski definition) is 2. The molecule has 140 valence electrons. The number of hydrogen-bond acceptors (Lipinski definition) is 8. The molecule has 0 saturated heterocycles. The van der Waals surface area contributed by atoms with Gasteiger partial charge in [-0.2, -0.15) is 5.10 Å². The van der Waals surface area contributed by atoms with Crippen LogP contribution in [0.4, 0.5) is 5.13 Å². The van der Waals surface area contributed by atoms with Crippen molar-refractivity contribution in [1.82, 2.24) is 4.98 Å². The third kappa shape index (κ3) is 5.33. The number of thiazole rings is 1. The van der Waals surface area contributed by atoms with E-state index in [1.54, 1.807) is 25.3 Å². The van der Waals surface area contributed by atoms with E-state index in [1.807, 2.05) is 0 Å². The Morgan fingerprint density at radius 1 is 1.50 bits per heavy atom. The minimum absolute atomic E-state index is 0.118. The lowest BCUT2D eigenvalue weighted by atomic mass is 10.2. The number of phenolic OH excluding ortho intramolecular Hbond substituents is 1. The number of nitrogens with zero attached hydrogens (tertiary/aromatic N) is 2.